The highest BCUT2D eigenvalue weighted by molar-refractivity contribution is 7.98. The Morgan fingerprint density at radius 2 is 1.96 bits per heavy atom. The number of halogens is 3. The van der Waals surface area contributed by atoms with Crippen molar-refractivity contribution in [2.75, 3.05) is 18.2 Å². The summed E-state index contributed by atoms with van der Waals surface area (Å²) < 4.78 is 6.99. The first-order valence-corrected chi connectivity index (χ1v) is 9.84. The Labute approximate surface area is 173 Å². The molecule has 0 saturated carbocycles. The molecular weight excluding hydrogens is 433 g/mol. The number of carbonyl (C=O) groups is 1. The monoisotopic (exact) mass is 443 g/mol. The third kappa shape index (κ3) is 4.84. The van der Waals surface area contributed by atoms with Crippen LogP contribution in [0.3, 0.4) is 0 Å². The second kappa shape index (κ2) is 8.79. The lowest BCUT2D eigenvalue weighted by Crippen LogP contribution is -2.20. The van der Waals surface area contributed by atoms with Gasteiger partial charge in [0.05, 0.1) is 20.8 Å². The minimum absolute atomic E-state index is 0.247. The summed E-state index contributed by atoms with van der Waals surface area (Å²) in [5, 5.41) is 15.7. The number of tetrazole rings is 1. The average Bonchev–Trinajstić information content (AvgIpc) is 3.12. The number of aromatic nitrogens is 4. The molecule has 0 aliphatic rings. The van der Waals surface area contributed by atoms with Gasteiger partial charge < -0.3 is 10.1 Å². The van der Waals surface area contributed by atoms with Crippen molar-refractivity contribution in [3.63, 3.8) is 0 Å². The minimum Gasteiger partial charge on any atom is -0.482 e. The molecule has 27 heavy (non-hydrogen) atoms. The smallest absolute Gasteiger partial charge is 0.262 e. The highest BCUT2D eigenvalue weighted by atomic mass is 35.5. The highest BCUT2D eigenvalue weighted by Crippen LogP contribution is 2.33. The SMILES string of the molecule is CSc1nnnn1-c1cccc(NC(=O)COc2cc(Cl)c(Cl)cc2Cl)c1. The Morgan fingerprint density at radius 1 is 1.19 bits per heavy atom. The molecule has 1 amide bonds. The quantitative estimate of drug-likeness (QED) is 0.449. The summed E-state index contributed by atoms with van der Waals surface area (Å²) in [6, 6.07) is 10.0. The number of anilines is 1. The van der Waals surface area contributed by atoms with Crippen molar-refractivity contribution >= 4 is 58.2 Å². The van der Waals surface area contributed by atoms with E-state index in [0.717, 1.165) is 5.69 Å². The van der Waals surface area contributed by atoms with Gasteiger partial charge in [0.1, 0.15) is 5.75 Å². The summed E-state index contributed by atoms with van der Waals surface area (Å²) in [6.45, 7) is -0.247. The van der Waals surface area contributed by atoms with E-state index < -0.39 is 0 Å². The second-order valence-electron chi connectivity index (χ2n) is 5.16. The van der Waals surface area contributed by atoms with Gasteiger partial charge in [-0.1, -0.05) is 52.6 Å². The molecule has 0 saturated heterocycles. The number of amides is 1. The number of hydrogen-bond acceptors (Lipinski definition) is 6. The van der Waals surface area contributed by atoms with E-state index in [9.17, 15) is 4.79 Å². The van der Waals surface area contributed by atoms with Crippen molar-refractivity contribution in [3.8, 4) is 11.4 Å². The van der Waals surface area contributed by atoms with Crippen LogP contribution >= 0.6 is 46.6 Å². The molecule has 3 aromatic rings. The molecule has 11 heteroatoms. The largest absolute Gasteiger partial charge is 0.482 e. The fraction of sp³-hybridized carbons (Fsp3) is 0.125. The molecule has 1 aromatic heterocycles. The highest BCUT2D eigenvalue weighted by Gasteiger charge is 2.11. The molecule has 0 unspecified atom stereocenters. The Balaban J connectivity index is 1.66. The lowest BCUT2D eigenvalue weighted by atomic mass is 10.3. The van der Waals surface area contributed by atoms with Crippen molar-refractivity contribution in [1.29, 1.82) is 0 Å². The molecule has 1 heterocycles. The maximum Gasteiger partial charge on any atom is 0.262 e. The molecule has 0 aliphatic carbocycles. The Hall–Kier alpha value is -2.00. The maximum absolute atomic E-state index is 12.2. The summed E-state index contributed by atoms with van der Waals surface area (Å²) in [6.07, 6.45) is 1.87. The topological polar surface area (TPSA) is 81.9 Å². The molecule has 0 spiro atoms. The van der Waals surface area contributed by atoms with Crippen LogP contribution < -0.4 is 10.1 Å². The third-order valence-electron chi connectivity index (χ3n) is 3.33. The number of nitrogens with zero attached hydrogens (tertiary/aromatic N) is 4. The summed E-state index contributed by atoms with van der Waals surface area (Å²) in [4.78, 5) is 12.2. The van der Waals surface area contributed by atoms with E-state index in [1.165, 1.54) is 23.9 Å². The van der Waals surface area contributed by atoms with E-state index in [1.54, 1.807) is 22.9 Å². The van der Waals surface area contributed by atoms with Crippen LogP contribution in [0, 0.1) is 0 Å². The van der Waals surface area contributed by atoms with Crippen LogP contribution in [0.25, 0.3) is 5.69 Å². The van der Waals surface area contributed by atoms with Gasteiger partial charge in [-0.25, -0.2) is 0 Å². The number of thioether (sulfide) groups is 1. The van der Waals surface area contributed by atoms with Crippen molar-refractivity contribution < 1.29 is 9.53 Å². The van der Waals surface area contributed by atoms with Gasteiger partial charge in [0, 0.05) is 11.8 Å². The molecule has 0 fully saturated rings. The minimum atomic E-state index is -0.365. The second-order valence-corrected chi connectivity index (χ2v) is 7.16. The van der Waals surface area contributed by atoms with Gasteiger partial charge in [-0.15, -0.1) is 5.10 Å². The molecular formula is C16H12Cl3N5O2S. The van der Waals surface area contributed by atoms with Crippen LogP contribution in [-0.4, -0.2) is 39.0 Å². The molecule has 0 aliphatic heterocycles. The first-order valence-electron chi connectivity index (χ1n) is 7.48. The zero-order valence-electron chi connectivity index (χ0n) is 13.8. The number of carbonyl (C=O) groups excluding carboxylic acids is 1. The van der Waals surface area contributed by atoms with Gasteiger partial charge in [0.2, 0.25) is 5.16 Å². The van der Waals surface area contributed by atoms with Crippen LogP contribution in [0.5, 0.6) is 5.75 Å². The van der Waals surface area contributed by atoms with E-state index in [1.807, 2.05) is 12.3 Å². The van der Waals surface area contributed by atoms with Gasteiger partial charge in [-0.05, 0) is 40.9 Å². The standard InChI is InChI=1S/C16H12Cl3N5O2S/c1-27-16-21-22-23-24(16)10-4-2-3-9(5-10)20-15(25)8-26-14-7-12(18)11(17)6-13(14)19/h2-7H,8H2,1H3,(H,20,25). The van der Waals surface area contributed by atoms with E-state index in [2.05, 4.69) is 20.8 Å². The molecule has 3 rings (SSSR count). The van der Waals surface area contributed by atoms with Gasteiger partial charge in [0.15, 0.2) is 6.61 Å². The fourth-order valence-electron chi connectivity index (χ4n) is 2.14. The number of rotatable bonds is 6. The van der Waals surface area contributed by atoms with Gasteiger partial charge in [-0.2, -0.15) is 4.68 Å². The Morgan fingerprint density at radius 3 is 2.74 bits per heavy atom. The van der Waals surface area contributed by atoms with Crippen molar-refractivity contribution in [2.45, 2.75) is 5.16 Å². The van der Waals surface area contributed by atoms with E-state index in [-0.39, 0.29) is 28.3 Å². The molecule has 0 radical (unpaired) electrons. The molecule has 7 nitrogen and oxygen atoms in total. The first-order chi connectivity index (χ1) is 13.0. The number of nitrogens with one attached hydrogen (secondary N) is 1. The molecule has 2 aromatic carbocycles. The predicted molar refractivity (Wildman–Crippen MR) is 107 cm³/mol. The molecule has 140 valence electrons. The van der Waals surface area contributed by atoms with Crippen molar-refractivity contribution in [1.82, 2.24) is 20.2 Å². The molecule has 0 bridgehead atoms. The summed E-state index contributed by atoms with van der Waals surface area (Å²) in [5.41, 5.74) is 1.29. The maximum atomic E-state index is 12.2. The van der Waals surface area contributed by atoms with Crippen LogP contribution in [0.2, 0.25) is 15.1 Å². The van der Waals surface area contributed by atoms with Gasteiger partial charge in [-0.3, -0.25) is 4.79 Å². The summed E-state index contributed by atoms with van der Waals surface area (Å²) in [5.74, 6) is -0.0932. The normalized spacial score (nSPS) is 10.7. The van der Waals surface area contributed by atoms with Gasteiger partial charge >= 0.3 is 0 Å². The summed E-state index contributed by atoms with van der Waals surface area (Å²) in [7, 11) is 0. The van der Waals surface area contributed by atoms with Crippen molar-refractivity contribution in [2.24, 2.45) is 0 Å². The Kier molecular flexibility index (Phi) is 6.43. The number of ether oxygens (including phenoxy) is 1. The molecule has 0 atom stereocenters. The van der Waals surface area contributed by atoms with Crippen LogP contribution in [-0.2, 0) is 4.79 Å². The predicted octanol–water partition coefficient (Wildman–Crippen LogP) is 4.36. The third-order valence-corrected chi connectivity index (χ3v) is 4.97. The van der Waals surface area contributed by atoms with E-state index in [4.69, 9.17) is 39.5 Å². The fourth-order valence-corrected chi connectivity index (χ4v) is 3.16. The van der Waals surface area contributed by atoms with Crippen LogP contribution in [0.15, 0.2) is 41.6 Å². The van der Waals surface area contributed by atoms with E-state index >= 15 is 0 Å². The van der Waals surface area contributed by atoms with Crippen LogP contribution in [0.1, 0.15) is 0 Å². The summed E-state index contributed by atoms with van der Waals surface area (Å²) >= 11 is 19.2. The zero-order chi connectivity index (χ0) is 19.4. The van der Waals surface area contributed by atoms with Crippen molar-refractivity contribution in [3.05, 3.63) is 51.5 Å². The number of hydrogen-bond donors (Lipinski definition) is 1. The lowest BCUT2D eigenvalue weighted by Gasteiger charge is -2.11. The molecule has 1 N–H and O–H groups in total. The Bertz CT molecular complexity index is 982. The van der Waals surface area contributed by atoms with Crippen LogP contribution in [0.4, 0.5) is 5.69 Å². The first kappa shape index (κ1) is 19.8. The number of benzene rings is 2. The average molecular weight is 445 g/mol. The zero-order valence-corrected chi connectivity index (χ0v) is 16.9. The van der Waals surface area contributed by atoms with E-state index in [0.29, 0.717) is 15.9 Å². The van der Waals surface area contributed by atoms with Gasteiger partial charge in [0.25, 0.3) is 5.91 Å². The lowest BCUT2D eigenvalue weighted by molar-refractivity contribution is -0.118.